The number of hydrogen-bond donors (Lipinski definition) is 2. The molecule has 0 aliphatic carbocycles. The molecule has 6 heteroatoms. The quantitative estimate of drug-likeness (QED) is 0.836. The standard InChI is InChI=1S/C20H25N3O3/c1-25-18-9-5-8-17(14-18)22-20(24)21-15-19(16-6-3-2-4-7-16)23-10-12-26-13-11-23/h2-9,14,19H,10-13,15H2,1H3,(H2,21,22,24). The van der Waals surface area contributed by atoms with E-state index in [0.717, 1.165) is 26.3 Å². The largest absolute Gasteiger partial charge is 0.497 e. The summed E-state index contributed by atoms with van der Waals surface area (Å²) < 4.78 is 10.6. The summed E-state index contributed by atoms with van der Waals surface area (Å²) in [5, 5.41) is 5.84. The zero-order valence-electron chi connectivity index (χ0n) is 15.0. The predicted octanol–water partition coefficient (Wildman–Crippen LogP) is 2.89. The summed E-state index contributed by atoms with van der Waals surface area (Å²) >= 11 is 0. The van der Waals surface area contributed by atoms with E-state index >= 15 is 0 Å². The van der Waals surface area contributed by atoms with E-state index in [1.54, 1.807) is 13.2 Å². The van der Waals surface area contributed by atoms with Crippen LogP contribution in [0.3, 0.4) is 0 Å². The van der Waals surface area contributed by atoms with Gasteiger partial charge >= 0.3 is 6.03 Å². The number of urea groups is 1. The molecule has 0 radical (unpaired) electrons. The highest BCUT2D eigenvalue weighted by Crippen LogP contribution is 2.21. The average Bonchev–Trinajstić information content (AvgIpc) is 2.70. The SMILES string of the molecule is COc1cccc(NC(=O)NCC(c2ccccc2)N2CCOCC2)c1. The normalized spacial score (nSPS) is 15.9. The van der Waals surface area contributed by atoms with Crippen molar-refractivity contribution in [2.75, 3.05) is 45.3 Å². The molecule has 138 valence electrons. The summed E-state index contributed by atoms with van der Waals surface area (Å²) in [6.07, 6.45) is 0. The maximum absolute atomic E-state index is 12.3. The van der Waals surface area contributed by atoms with E-state index in [1.165, 1.54) is 5.56 Å². The number of morpholine rings is 1. The number of hydrogen-bond acceptors (Lipinski definition) is 4. The maximum atomic E-state index is 12.3. The Morgan fingerprint density at radius 3 is 2.65 bits per heavy atom. The van der Waals surface area contributed by atoms with Crippen LogP contribution in [0.25, 0.3) is 0 Å². The van der Waals surface area contributed by atoms with Gasteiger partial charge < -0.3 is 20.1 Å². The summed E-state index contributed by atoms with van der Waals surface area (Å²) in [7, 11) is 1.60. The molecule has 2 aromatic rings. The van der Waals surface area contributed by atoms with E-state index in [2.05, 4.69) is 27.7 Å². The van der Waals surface area contributed by atoms with Gasteiger partial charge in [-0.1, -0.05) is 36.4 Å². The van der Waals surface area contributed by atoms with Crippen LogP contribution in [0, 0.1) is 0 Å². The first-order chi connectivity index (χ1) is 12.8. The molecule has 1 aliphatic rings. The van der Waals surface area contributed by atoms with Gasteiger partial charge in [-0.15, -0.1) is 0 Å². The fraction of sp³-hybridized carbons (Fsp3) is 0.350. The van der Waals surface area contributed by atoms with Crippen LogP contribution in [0.2, 0.25) is 0 Å². The Bertz CT molecular complexity index is 702. The third-order valence-corrected chi connectivity index (χ3v) is 4.45. The molecule has 6 nitrogen and oxygen atoms in total. The number of anilines is 1. The molecule has 2 aromatic carbocycles. The monoisotopic (exact) mass is 355 g/mol. The summed E-state index contributed by atoms with van der Waals surface area (Å²) in [5.41, 5.74) is 1.89. The predicted molar refractivity (Wildman–Crippen MR) is 102 cm³/mol. The highest BCUT2D eigenvalue weighted by atomic mass is 16.5. The number of rotatable bonds is 6. The van der Waals surface area contributed by atoms with Crippen molar-refractivity contribution in [2.24, 2.45) is 0 Å². The molecule has 3 rings (SSSR count). The van der Waals surface area contributed by atoms with Crippen LogP contribution >= 0.6 is 0 Å². The lowest BCUT2D eigenvalue weighted by Crippen LogP contribution is -2.44. The van der Waals surface area contributed by atoms with Crippen molar-refractivity contribution in [3.63, 3.8) is 0 Å². The molecule has 1 atom stereocenters. The van der Waals surface area contributed by atoms with E-state index in [1.807, 2.05) is 36.4 Å². The van der Waals surface area contributed by atoms with Gasteiger partial charge in [0, 0.05) is 31.4 Å². The number of nitrogens with zero attached hydrogens (tertiary/aromatic N) is 1. The molecule has 2 N–H and O–H groups in total. The molecule has 1 unspecified atom stereocenters. The van der Waals surface area contributed by atoms with Gasteiger partial charge in [0.05, 0.1) is 26.4 Å². The zero-order chi connectivity index (χ0) is 18.2. The number of nitrogens with one attached hydrogen (secondary N) is 2. The van der Waals surface area contributed by atoms with Crippen LogP contribution in [0.4, 0.5) is 10.5 Å². The zero-order valence-corrected chi connectivity index (χ0v) is 15.0. The Hall–Kier alpha value is -2.57. The lowest BCUT2D eigenvalue weighted by atomic mass is 10.0. The molecule has 0 saturated carbocycles. The van der Waals surface area contributed by atoms with Crippen LogP contribution in [0.15, 0.2) is 54.6 Å². The minimum atomic E-state index is -0.229. The lowest BCUT2D eigenvalue weighted by molar-refractivity contribution is 0.0168. The van der Waals surface area contributed by atoms with Crippen LogP contribution in [0.1, 0.15) is 11.6 Å². The van der Waals surface area contributed by atoms with Crippen molar-refractivity contribution in [1.29, 1.82) is 0 Å². The molecular weight excluding hydrogens is 330 g/mol. The smallest absolute Gasteiger partial charge is 0.319 e. The molecule has 2 amide bonds. The minimum absolute atomic E-state index is 0.121. The van der Waals surface area contributed by atoms with Gasteiger partial charge in [-0.05, 0) is 17.7 Å². The van der Waals surface area contributed by atoms with Crippen molar-refractivity contribution in [3.05, 3.63) is 60.2 Å². The van der Waals surface area contributed by atoms with Crippen LogP contribution < -0.4 is 15.4 Å². The first-order valence-electron chi connectivity index (χ1n) is 8.82. The van der Waals surface area contributed by atoms with Gasteiger partial charge in [-0.25, -0.2) is 4.79 Å². The van der Waals surface area contributed by atoms with Gasteiger partial charge in [0.25, 0.3) is 0 Å². The third kappa shape index (κ3) is 4.97. The van der Waals surface area contributed by atoms with E-state index in [-0.39, 0.29) is 12.1 Å². The van der Waals surface area contributed by atoms with Crippen LogP contribution in [-0.4, -0.2) is 50.9 Å². The molecule has 0 spiro atoms. The van der Waals surface area contributed by atoms with Crippen molar-refractivity contribution in [1.82, 2.24) is 10.2 Å². The number of carbonyl (C=O) groups excluding carboxylic acids is 1. The number of benzene rings is 2. The Kier molecular flexibility index (Phi) is 6.46. The second kappa shape index (κ2) is 9.22. The fourth-order valence-electron chi connectivity index (χ4n) is 3.09. The van der Waals surface area contributed by atoms with Crippen LogP contribution in [-0.2, 0) is 4.74 Å². The molecular formula is C20H25N3O3. The number of amides is 2. The van der Waals surface area contributed by atoms with Crippen molar-refractivity contribution < 1.29 is 14.3 Å². The van der Waals surface area contributed by atoms with E-state index in [0.29, 0.717) is 18.0 Å². The van der Waals surface area contributed by atoms with Gasteiger partial charge in [-0.3, -0.25) is 4.90 Å². The number of methoxy groups -OCH3 is 1. The van der Waals surface area contributed by atoms with Gasteiger partial charge in [0.2, 0.25) is 0 Å². The topological polar surface area (TPSA) is 62.8 Å². The second-order valence-electron chi connectivity index (χ2n) is 6.14. The minimum Gasteiger partial charge on any atom is -0.497 e. The van der Waals surface area contributed by atoms with Gasteiger partial charge in [0.15, 0.2) is 0 Å². The lowest BCUT2D eigenvalue weighted by Gasteiger charge is -2.34. The highest BCUT2D eigenvalue weighted by Gasteiger charge is 2.23. The Morgan fingerprint density at radius 2 is 1.92 bits per heavy atom. The van der Waals surface area contributed by atoms with Crippen molar-refractivity contribution in [3.8, 4) is 5.75 Å². The van der Waals surface area contributed by atoms with E-state index in [4.69, 9.17) is 9.47 Å². The first-order valence-corrected chi connectivity index (χ1v) is 8.82. The summed E-state index contributed by atoms with van der Waals surface area (Å²) in [6, 6.07) is 17.4. The Labute approximate surface area is 154 Å². The van der Waals surface area contributed by atoms with Crippen molar-refractivity contribution in [2.45, 2.75) is 6.04 Å². The third-order valence-electron chi connectivity index (χ3n) is 4.45. The van der Waals surface area contributed by atoms with Gasteiger partial charge in [0.1, 0.15) is 5.75 Å². The average molecular weight is 355 g/mol. The van der Waals surface area contributed by atoms with E-state index in [9.17, 15) is 4.79 Å². The molecule has 0 aromatic heterocycles. The van der Waals surface area contributed by atoms with Crippen LogP contribution in [0.5, 0.6) is 5.75 Å². The molecule has 0 bridgehead atoms. The Morgan fingerprint density at radius 1 is 1.15 bits per heavy atom. The molecule has 26 heavy (non-hydrogen) atoms. The second-order valence-corrected chi connectivity index (χ2v) is 6.14. The summed E-state index contributed by atoms with van der Waals surface area (Å²) in [5.74, 6) is 0.707. The first kappa shape index (κ1) is 18.2. The summed E-state index contributed by atoms with van der Waals surface area (Å²) in [6.45, 7) is 3.69. The highest BCUT2D eigenvalue weighted by molar-refractivity contribution is 5.89. The van der Waals surface area contributed by atoms with E-state index < -0.39 is 0 Å². The number of carbonyl (C=O) groups is 1. The van der Waals surface area contributed by atoms with Gasteiger partial charge in [-0.2, -0.15) is 0 Å². The molecule has 1 fully saturated rings. The molecule has 1 heterocycles. The number of ether oxygens (including phenoxy) is 2. The molecule has 1 aliphatic heterocycles. The molecule has 1 saturated heterocycles. The maximum Gasteiger partial charge on any atom is 0.319 e. The fourth-order valence-corrected chi connectivity index (χ4v) is 3.09. The summed E-state index contributed by atoms with van der Waals surface area (Å²) in [4.78, 5) is 14.7. The Balaban J connectivity index is 1.62. The van der Waals surface area contributed by atoms with Crippen molar-refractivity contribution >= 4 is 11.7 Å².